The fourth-order valence-electron chi connectivity index (χ4n) is 2.99. The number of nitrogens with one attached hydrogen (secondary N) is 1. The molecular formula is C18H19Cl2N. The minimum absolute atomic E-state index is 0.228. The number of hydrogen-bond acceptors (Lipinski definition) is 1. The Labute approximate surface area is 136 Å². The largest absolute Gasteiger partial charge is 0.378 e. The summed E-state index contributed by atoms with van der Waals surface area (Å²) in [6.45, 7) is 2.17. The van der Waals surface area contributed by atoms with E-state index < -0.39 is 0 Å². The Bertz CT molecular complexity index is 631. The minimum Gasteiger partial charge on any atom is -0.378 e. The van der Waals surface area contributed by atoms with Crippen LogP contribution >= 0.6 is 23.2 Å². The third-order valence-corrected chi connectivity index (χ3v) is 4.55. The summed E-state index contributed by atoms with van der Waals surface area (Å²) in [5.41, 5.74) is 5.30. The number of benzene rings is 2. The number of anilines is 1. The van der Waals surface area contributed by atoms with Crippen molar-refractivity contribution in [3.05, 3.63) is 63.1 Å². The predicted octanol–water partition coefficient (Wildman–Crippen LogP) is 6.05. The maximum Gasteiger partial charge on any atom is 0.0485 e. The monoisotopic (exact) mass is 319 g/mol. The molecule has 0 radical (unpaired) electrons. The smallest absolute Gasteiger partial charge is 0.0485 e. The summed E-state index contributed by atoms with van der Waals surface area (Å²) in [5, 5.41) is 4.79. The van der Waals surface area contributed by atoms with E-state index in [4.69, 9.17) is 23.2 Å². The van der Waals surface area contributed by atoms with Gasteiger partial charge in [0.05, 0.1) is 0 Å². The van der Waals surface area contributed by atoms with Crippen LogP contribution in [0.15, 0.2) is 36.4 Å². The van der Waals surface area contributed by atoms with Crippen LogP contribution in [0.4, 0.5) is 5.69 Å². The van der Waals surface area contributed by atoms with Crippen molar-refractivity contribution in [3.8, 4) is 0 Å². The normalized spacial score (nSPS) is 15.4. The van der Waals surface area contributed by atoms with Crippen molar-refractivity contribution >= 4 is 28.9 Å². The summed E-state index contributed by atoms with van der Waals surface area (Å²) in [6.07, 6.45) is 5.06. The van der Waals surface area contributed by atoms with Crippen molar-refractivity contribution in [3.63, 3.8) is 0 Å². The molecule has 1 aliphatic rings. The van der Waals surface area contributed by atoms with Crippen molar-refractivity contribution in [2.45, 2.75) is 38.6 Å². The third kappa shape index (κ3) is 3.53. The van der Waals surface area contributed by atoms with Crippen LogP contribution in [0, 0.1) is 0 Å². The molecular weight excluding hydrogens is 301 g/mol. The van der Waals surface area contributed by atoms with Gasteiger partial charge in [0.25, 0.3) is 0 Å². The van der Waals surface area contributed by atoms with Gasteiger partial charge in [-0.3, -0.25) is 0 Å². The van der Waals surface area contributed by atoms with Gasteiger partial charge in [0, 0.05) is 21.8 Å². The van der Waals surface area contributed by atoms with E-state index in [-0.39, 0.29) is 6.04 Å². The van der Waals surface area contributed by atoms with E-state index in [1.807, 2.05) is 12.1 Å². The first-order chi connectivity index (χ1) is 10.1. The summed E-state index contributed by atoms with van der Waals surface area (Å²) < 4.78 is 0. The van der Waals surface area contributed by atoms with E-state index in [1.54, 1.807) is 6.07 Å². The van der Waals surface area contributed by atoms with Gasteiger partial charge >= 0.3 is 0 Å². The molecule has 1 atom stereocenters. The lowest BCUT2D eigenvalue weighted by molar-refractivity contribution is 0.683. The molecule has 1 aliphatic carbocycles. The first-order valence-corrected chi connectivity index (χ1v) is 8.22. The van der Waals surface area contributed by atoms with Gasteiger partial charge in [0.15, 0.2) is 0 Å². The zero-order valence-corrected chi connectivity index (χ0v) is 13.6. The summed E-state index contributed by atoms with van der Waals surface area (Å²) in [4.78, 5) is 0. The van der Waals surface area contributed by atoms with Crippen LogP contribution in [0.2, 0.25) is 10.0 Å². The van der Waals surface area contributed by atoms with Gasteiger partial charge in [0.2, 0.25) is 0 Å². The molecule has 1 nitrogen and oxygen atoms in total. The first-order valence-electron chi connectivity index (χ1n) is 7.46. The van der Waals surface area contributed by atoms with Crippen LogP contribution in [-0.2, 0) is 12.8 Å². The van der Waals surface area contributed by atoms with Crippen LogP contribution in [0.1, 0.15) is 42.5 Å². The van der Waals surface area contributed by atoms with Gasteiger partial charge in [-0.2, -0.15) is 0 Å². The average Bonchev–Trinajstić information content (AvgIpc) is 2.45. The SMILES string of the molecule is CC(Nc1cc(Cl)cc(Cl)c1)c1ccc2c(c1)CCCC2. The fourth-order valence-corrected chi connectivity index (χ4v) is 3.52. The highest BCUT2D eigenvalue weighted by atomic mass is 35.5. The van der Waals surface area contributed by atoms with E-state index in [0.717, 1.165) is 5.69 Å². The topological polar surface area (TPSA) is 12.0 Å². The van der Waals surface area contributed by atoms with Crippen LogP contribution in [0.25, 0.3) is 0 Å². The molecule has 1 unspecified atom stereocenters. The molecule has 0 amide bonds. The van der Waals surface area contributed by atoms with Gasteiger partial charge in [0.1, 0.15) is 0 Å². The van der Waals surface area contributed by atoms with Gasteiger partial charge < -0.3 is 5.32 Å². The Hall–Kier alpha value is -1.18. The van der Waals surface area contributed by atoms with E-state index in [0.29, 0.717) is 10.0 Å². The maximum atomic E-state index is 6.05. The third-order valence-electron chi connectivity index (χ3n) is 4.12. The zero-order chi connectivity index (χ0) is 14.8. The molecule has 3 heteroatoms. The Balaban J connectivity index is 1.80. The molecule has 3 rings (SSSR count). The van der Waals surface area contributed by atoms with Gasteiger partial charge in [-0.05, 0) is 67.5 Å². The summed E-state index contributed by atoms with van der Waals surface area (Å²) in [5.74, 6) is 0. The second-order valence-electron chi connectivity index (χ2n) is 5.76. The van der Waals surface area contributed by atoms with Gasteiger partial charge in [-0.25, -0.2) is 0 Å². The minimum atomic E-state index is 0.228. The van der Waals surface area contributed by atoms with E-state index in [9.17, 15) is 0 Å². The van der Waals surface area contributed by atoms with E-state index in [1.165, 1.54) is 42.4 Å². The Morgan fingerprint density at radius 3 is 2.29 bits per heavy atom. The second kappa shape index (κ2) is 6.29. The molecule has 2 aromatic carbocycles. The number of rotatable bonds is 3. The van der Waals surface area contributed by atoms with Crippen molar-refractivity contribution in [2.75, 3.05) is 5.32 Å². The molecule has 0 saturated heterocycles. The molecule has 0 aromatic heterocycles. The van der Waals surface area contributed by atoms with Crippen LogP contribution in [0.5, 0.6) is 0 Å². The summed E-state index contributed by atoms with van der Waals surface area (Å²) in [6, 6.07) is 12.6. The maximum absolute atomic E-state index is 6.05. The predicted molar refractivity (Wildman–Crippen MR) is 91.6 cm³/mol. The molecule has 110 valence electrons. The standard InChI is InChI=1S/C18H19Cl2N/c1-12(21-18-10-16(19)9-17(20)11-18)14-7-6-13-4-2-3-5-15(13)8-14/h6-12,21H,2-5H2,1H3. The molecule has 0 spiro atoms. The number of hydrogen-bond donors (Lipinski definition) is 1. The lowest BCUT2D eigenvalue weighted by atomic mass is 9.89. The van der Waals surface area contributed by atoms with Crippen molar-refractivity contribution in [1.82, 2.24) is 0 Å². The van der Waals surface area contributed by atoms with E-state index in [2.05, 4.69) is 30.4 Å². The molecule has 0 fully saturated rings. The van der Waals surface area contributed by atoms with Crippen molar-refractivity contribution in [1.29, 1.82) is 0 Å². The van der Waals surface area contributed by atoms with E-state index >= 15 is 0 Å². The first kappa shape index (κ1) is 14.7. The Morgan fingerprint density at radius 1 is 0.905 bits per heavy atom. The molecule has 0 bridgehead atoms. The number of halogens is 2. The Kier molecular flexibility index (Phi) is 4.42. The molecule has 21 heavy (non-hydrogen) atoms. The molecule has 0 saturated carbocycles. The van der Waals surface area contributed by atoms with Crippen LogP contribution in [-0.4, -0.2) is 0 Å². The highest BCUT2D eigenvalue weighted by Crippen LogP contribution is 2.28. The lowest BCUT2D eigenvalue weighted by Gasteiger charge is -2.21. The average molecular weight is 320 g/mol. The fraction of sp³-hybridized carbons (Fsp3) is 0.333. The molecule has 1 N–H and O–H groups in total. The number of fused-ring (bicyclic) bond motifs is 1. The molecule has 0 heterocycles. The highest BCUT2D eigenvalue weighted by molar-refractivity contribution is 6.35. The lowest BCUT2D eigenvalue weighted by Crippen LogP contribution is -2.09. The van der Waals surface area contributed by atoms with Crippen LogP contribution in [0.3, 0.4) is 0 Å². The van der Waals surface area contributed by atoms with Crippen molar-refractivity contribution < 1.29 is 0 Å². The Morgan fingerprint density at radius 2 is 1.57 bits per heavy atom. The summed E-state index contributed by atoms with van der Waals surface area (Å²) >= 11 is 12.1. The molecule has 0 aliphatic heterocycles. The number of aryl methyl sites for hydroxylation is 2. The second-order valence-corrected chi connectivity index (χ2v) is 6.63. The molecule has 2 aromatic rings. The summed E-state index contributed by atoms with van der Waals surface area (Å²) in [7, 11) is 0. The quantitative estimate of drug-likeness (QED) is 0.726. The van der Waals surface area contributed by atoms with Gasteiger partial charge in [-0.1, -0.05) is 41.4 Å². The van der Waals surface area contributed by atoms with Gasteiger partial charge in [-0.15, -0.1) is 0 Å². The zero-order valence-electron chi connectivity index (χ0n) is 12.1. The highest BCUT2D eigenvalue weighted by Gasteiger charge is 2.12. The van der Waals surface area contributed by atoms with Crippen LogP contribution < -0.4 is 5.32 Å². The van der Waals surface area contributed by atoms with Crippen molar-refractivity contribution in [2.24, 2.45) is 0 Å².